The molecule has 0 spiro atoms. The second-order valence-electron chi connectivity index (χ2n) is 4.20. The maximum absolute atomic E-state index is 13.0. The molecule has 1 atom stereocenters. The lowest BCUT2D eigenvalue weighted by atomic mass is 10.1. The third kappa shape index (κ3) is 2.36. The lowest BCUT2D eigenvalue weighted by Crippen LogP contribution is -2.14. The molecule has 2 aromatic rings. The second-order valence-corrected chi connectivity index (χ2v) is 5.35. The highest BCUT2D eigenvalue weighted by Gasteiger charge is 2.15. The van der Waals surface area contributed by atoms with Gasteiger partial charge in [0.05, 0.1) is 6.20 Å². The highest BCUT2D eigenvalue weighted by atomic mass is 32.2. The van der Waals surface area contributed by atoms with Gasteiger partial charge in [-0.1, -0.05) is 0 Å². The smallest absolute Gasteiger partial charge is 0.243 e. The minimum atomic E-state index is -0.304. The van der Waals surface area contributed by atoms with Crippen molar-refractivity contribution in [3.8, 4) is 0 Å². The summed E-state index contributed by atoms with van der Waals surface area (Å²) in [5.74, 6) is 3.42. The maximum atomic E-state index is 13.0. The minimum absolute atomic E-state index is 0.304. The minimum Gasteiger partial charge on any atom is -0.353 e. The summed E-state index contributed by atoms with van der Waals surface area (Å²) in [5, 5.41) is 7.40. The number of pyridine rings is 1. The van der Waals surface area contributed by atoms with Crippen molar-refractivity contribution >= 4 is 23.4 Å². The topological polar surface area (TPSA) is 42.2 Å². The Labute approximate surface area is 103 Å². The van der Waals surface area contributed by atoms with Gasteiger partial charge in [-0.15, -0.1) is 5.10 Å². The average Bonchev–Trinajstić information content (AvgIpc) is 2.94. The van der Waals surface area contributed by atoms with Crippen LogP contribution < -0.4 is 5.32 Å². The summed E-state index contributed by atoms with van der Waals surface area (Å²) in [4.78, 5) is 4.28. The third-order valence-electron chi connectivity index (χ3n) is 2.87. The van der Waals surface area contributed by atoms with Crippen LogP contribution in [0, 0.1) is 11.7 Å². The molecular formula is C11H13FN4S. The second kappa shape index (κ2) is 4.52. The van der Waals surface area contributed by atoms with Crippen molar-refractivity contribution in [3.63, 3.8) is 0 Å². The molecule has 0 amide bonds. The standard InChI is InChI=1S/C11H13FN4S/c12-9-1-2-10-14-11(15-16(10)6-9)13-5-8-3-4-17-7-8/h1-2,6,8H,3-5,7H2,(H,13,15). The summed E-state index contributed by atoms with van der Waals surface area (Å²) in [7, 11) is 0. The molecule has 6 heteroatoms. The van der Waals surface area contributed by atoms with E-state index in [9.17, 15) is 4.39 Å². The molecule has 0 bridgehead atoms. The summed E-state index contributed by atoms with van der Waals surface area (Å²) in [6, 6.07) is 3.01. The molecule has 2 aromatic heterocycles. The van der Waals surface area contributed by atoms with Crippen LogP contribution in [0.1, 0.15) is 6.42 Å². The molecule has 0 aromatic carbocycles. The number of anilines is 1. The van der Waals surface area contributed by atoms with Gasteiger partial charge in [-0.25, -0.2) is 8.91 Å². The van der Waals surface area contributed by atoms with Crippen LogP contribution in [0.5, 0.6) is 0 Å². The number of rotatable bonds is 3. The molecule has 1 aliphatic heterocycles. The molecule has 0 aliphatic carbocycles. The van der Waals surface area contributed by atoms with Gasteiger partial charge in [-0.3, -0.25) is 0 Å². The summed E-state index contributed by atoms with van der Waals surface area (Å²) >= 11 is 1.99. The van der Waals surface area contributed by atoms with Crippen molar-refractivity contribution in [1.82, 2.24) is 14.6 Å². The Hall–Kier alpha value is -1.30. The lowest BCUT2D eigenvalue weighted by Gasteiger charge is -2.07. The summed E-state index contributed by atoms with van der Waals surface area (Å²) in [6.07, 6.45) is 2.58. The molecule has 17 heavy (non-hydrogen) atoms. The van der Waals surface area contributed by atoms with Gasteiger partial charge in [0.25, 0.3) is 0 Å². The van der Waals surface area contributed by atoms with Crippen LogP contribution in [0.2, 0.25) is 0 Å². The Bertz CT molecular complexity index is 521. The third-order valence-corrected chi connectivity index (χ3v) is 4.10. The first-order valence-electron chi connectivity index (χ1n) is 5.65. The Morgan fingerprint density at radius 2 is 2.47 bits per heavy atom. The molecule has 0 radical (unpaired) electrons. The van der Waals surface area contributed by atoms with Gasteiger partial charge in [0, 0.05) is 6.54 Å². The number of thioether (sulfide) groups is 1. The molecule has 3 rings (SSSR count). The molecule has 0 saturated carbocycles. The Kier molecular flexibility index (Phi) is 2.88. The number of aromatic nitrogens is 3. The largest absolute Gasteiger partial charge is 0.353 e. The predicted molar refractivity (Wildman–Crippen MR) is 66.9 cm³/mol. The molecule has 1 fully saturated rings. The fourth-order valence-corrected chi connectivity index (χ4v) is 3.20. The van der Waals surface area contributed by atoms with Gasteiger partial charge < -0.3 is 5.32 Å². The molecule has 90 valence electrons. The number of halogens is 1. The van der Waals surface area contributed by atoms with Crippen LogP contribution in [0.25, 0.3) is 5.65 Å². The van der Waals surface area contributed by atoms with E-state index in [4.69, 9.17) is 0 Å². The lowest BCUT2D eigenvalue weighted by molar-refractivity contribution is 0.614. The van der Waals surface area contributed by atoms with Crippen LogP contribution in [-0.2, 0) is 0 Å². The first-order valence-corrected chi connectivity index (χ1v) is 6.80. The fraction of sp³-hybridized carbons (Fsp3) is 0.455. The summed E-state index contributed by atoms with van der Waals surface area (Å²) < 4.78 is 14.4. The normalized spacial score (nSPS) is 19.9. The fourth-order valence-electron chi connectivity index (χ4n) is 1.91. The molecule has 1 saturated heterocycles. The highest BCUT2D eigenvalue weighted by molar-refractivity contribution is 7.99. The van der Waals surface area contributed by atoms with Crippen LogP contribution in [0.3, 0.4) is 0 Å². The summed E-state index contributed by atoms with van der Waals surface area (Å²) in [6.45, 7) is 0.895. The van der Waals surface area contributed by atoms with E-state index >= 15 is 0 Å². The van der Waals surface area contributed by atoms with Crippen molar-refractivity contribution < 1.29 is 4.39 Å². The van der Waals surface area contributed by atoms with E-state index in [0.29, 0.717) is 17.5 Å². The first-order chi connectivity index (χ1) is 8.31. The number of fused-ring (bicyclic) bond motifs is 1. The monoisotopic (exact) mass is 252 g/mol. The zero-order valence-corrected chi connectivity index (χ0v) is 10.1. The van der Waals surface area contributed by atoms with Crippen LogP contribution in [0.4, 0.5) is 10.3 Å². The molecule has 4 nitrogen and oxygen atoms in total. The zero-order valence-electron chi connectivity index (χ0n) is 9.27. The van der Waals surface area contributed by atoms with Crippen molar-refractivity contribution in [2.45, 2.75) is 6.42 Å². The molecule has 1 N–H and O–H groups in total. The van der Waals surface area contributed by atoms with Gasteiger partial charge in [0.15, 0.2) is 5.65 Å². The van der Waals surface area contributed by atoms with E-state index in [1.54, 1.807) is 6.07 Å². The first kappa shape index (κ1) is 10.8. The van der Waals surface area contributed by atoms with Crippen molar-refractivity contribution in [3.05, 3.63) is 24.1 Å². The number of hydrogen-bond acceptors (Lipinski definition) is 4. The van der Waals surface area contributed by atoms with Gasteiger partial charge >= 0.3 is 0 Å². The predicted octanol–water partition coefficient (Wildman–Crippen LogP) is 2.03. The van der Waals surface area contributed by atoms with Crippen molar-refractivity contribution in [2.24, 2.45) is 5.92 Å². The van der Waals surface area contributed by atoms with Gasteiger partial charge in [-0.05, 0) is 36.0 Å². The summed E-state index contributed by atoms with van der Waals surface area (Å²) in [5.41, 5.74) is 0.662. The Morgan fingerprint density at radius 1 is 1.53 bits per heavy atom. The van der Waals surface area contributed by atoms with Crippen molar-refractivity contribution in [1.29, 1.82) is 0 Å². The quantitative estimate of drug-likeness (QED) is 0.907. The van der Waals surface area contributed by atoms with E-state index in [2.05, 4.69) is 15.4 Å². The van der Waals surface area contributed by atoms with Gasteiger partial charge in [-0.2, -0.15) is 16.7 Å². The van der Waals surface area contributed by atoms with Crippen LogP contribution in [-0.4, -0.2) is 32.6 Å². The molecule has 1 unspecified atom stereocenters. The van der Waals surface area contributed by atoms with Crippen LogP contribution >= 0.6 is 11.8 Å². The van der Waals surface area contributed by atoms with E-state index < -0.39 is 0 Å². The zero-order chi connectivity index (χ0) is 11.7. The molecular weight excluding hydrogens is 239 g/mol. The van der Waals surface area contributed by atoms with Gasteiger partial charge in [0.2, 0.25) is 5.95 Å². The van der Waals surface area contributed by atoms with Crippen molar-refractivity contribution in [2.75, 3.05) is 23.4 Å². The number of nitrogens with zero attached hydrogens (tertiary/aromatic N) is 3. The van der Waals surface area contributed by atoms with E-state index in [1.807, 2.05) is 11.8 Å². The average molecular weight is 252 g/mol. The Morgan fingerprint density at radius 3 is 3.29 bits per heavy atom. The van der Waals surface area contributed by atoms with Crippen LogP contribution in [0.15, 0.2) is 18.3 Å². The van der Waals surface area contributed by atoms with Gasteiger partial charge in [0.1, 0.15) is 5.82 Å². The van der Waals surface area contributed by atoms with E-state index in [0.717, 1.165) is 6.54 Å². The maximum Gasteiger partial charge on any atom is 0.243 e. The SMILES string of the molecule is Fc1ccc2nc(NCC3CCSC3)nn2c1. The number of nitrogens with one attached hydrogen (secondary N) is 1. The van der Waals surface area contributed by atoms with E-state index in [1.165, 1.54) is 34.7 Å². The van der Waals surface area contributed by atoms with E-state index in [-0.39, 0.29) is 5.82 Å². The molecule has 3 heterocycles. The number of hydrogen-bond donors (Lipinski definition) is 1. The Balaban J connectivity index is 1.72. The highest BCUT2D eigenvalue weighted by Crippen LogP contribution is 2.23. The molecule has 1 aliphatic rings.